The fourth-order valence-corrected chi connectivity index (χ4v) is 0.687. The third-order valence-electron chi connectivity index (χ3n) is 0.832. The van der Waals surface area contributed by atoms with Crippen molar-refractivity contribution in [3.05, 3.63) is 0 Å². The third-order valence-corrected chi connectivity index (χ3v) is 0.832. The summed E-state index contributed by atoms with van der Waals surface area (Å²) < 4.78 is 4.87. The zero-order valence-electron chi connectivity index (χ0n) is 6.64. The van der Waals surface area contributed by atoms with Crippen LogP contribution in [0.15, 0.2) is 4.99 Å². The van der Waals surface area contributed by atoms with Crippen LogP contribution in [0.2, 0.25) is 0 Å². The second-order valence-corrected chi connectivity index (χ2v) is 2.39. The smallest absolute Gasteiger partial charge is 0.0837 e. The van der Waals surface area contributed by atoms with Gasteiger partial charge in [0.2, 0.25) is 0 Å². The molecule has 0 saturated heterocycles. The maximum Gasteiger partial charge on any atom is 0.0837 e. The number of rotatable bonds is 3. The summed E-state index contributed by atoms with van der Waals surface area (Å²) in [5, 5.41) is 0. The van der Waals surface area contributed by atoms with Gasteiger partial charge in [-0.2, -0.15) is 0 Å². The predicted octanol–water partition coefficient (Wildman–Crippen LogP) is 1.50. The Morgan fingerprint density at radius 1 is 1.56 bits per heavy atom. The van der Waals surface area contributed by atoms with Gasteiger partial charge in [-0.05, 0) is 20.8 Å². The monoisotopic (exact) mass is 129 g/mol. The van der Waals surface area contributed by atoms with E-state index in [1.807, 2.05) is 6.92 Å². The summed E-state index contributed by atoms with van der Waals surface area (Å²) in [6.07, 6.45) is 0. The lowest BCUT2D eigenvalue weighted by molar-refractivity contribution is 0.244. The zero-order valence-corrected chi connectivity index (χ0v) is 6.64. The SMILES string of the molecule is COC/C(C)=N/C(C)C. The van der Waals surface area contributed by atoms with Gasteiger partial charge >= 0.3 is 0 Å². The lowest BCUT2D eigenvalue weighted by Crippen LogP contribution is -2.04. The van der Waals surface area contributed by atoms with Crippen LogP contribution >= 0.6 is 0 Å². The van der Waals surface area contributed by atoms with E-state index >= 15 is 0 Å². The number of nitrogens with zero attached hydrogens (tertiary/aromatic N) is 1. The maximum atomic E-state index is 4.87. The van der Waals surface area contributed by atoms with E-state index in [1.165, 1.54) is 0 Å². The average Bonchev–Trinajstić information content (AvgIpc) is 1.63. The van der Waals surface area contributed by atoms with E-state index in [0.29, 0.717) is 12.6 Å². The van der Waals surface area contributed by atoms with Crippen LogP contribution in [0.1, 0.15) is 20.8 Å². The normalized spacial score (nSPS) is 12.8. The molecule has 0 aromatic rings. The maximum absolute atomic E-state index is 4.87. The summed E-state index contributed by atoms with van der Waals surface area (Å²) in [6, 6.07) is 0.389. The van der Waals surface area contributed by atoms with Crippen molar-refractivity contribution in [1.29, 1.82) is 0 Å². The summed E-state index contributed by atoms with van der Waals surface area (Å²) in [5.74, 6) is 0. The molecule has 0 N–H and O–H groups in total. The molecule has 0 fully saturated rings. The van der Waals surface area contributed by atoms with Crippen molar-refractivity contribution in [2.75, 3.05) is 13.7 Å². The molecule has 0 amide bonds. The molecule has 0 rings (SSSR count). The number of hydrogen-bond acceptors (Lipinski definition) is 2. The fraction of sp³-hybridized carbons (Fsp3) is 0.857. The molecule has 0 radical (unpaired) electrons. The lowest BCUT2D eigenvalue weighted by atomic mass is 10.4. The van der Waals surface area contributed by atoms with Crippen molar-refractivity contribution in [3.63, 3.8) is 0 Å². The van der Waals surface area contributed by atoms with Crippen molar-refractivity contribution in [2.45, 2.75) is 26.8 Å². The Hall–Kier alpha value is -0.370. The van der Waals surface area contributed by atoms with Gasteiger partial charge in [0.25, 0.3) is 0 Å². The van der Waals surface area contributed by atoms with Crippen LogP contribution in [-0.4, -0.2) is 25.5 Å². The molecule has 0 spiro atoms. The van der Waals surface area contributed by atoms with Crippen molar-refractivity contribution >= 4 is 5.71 Å². The summed E-state index contributed by atoms with van der Waals surface area (Å²) >= 11 is 0. The highest BCUT2D eigenvalue weighted by Crippen LogP contribution is 1.87. The number of methoxy groups -OCH3 is 1. The highest BCUT2D eigenvalue weighted by Gasteiger charge is 1.90. The van der Waals surface area contributed by atoms with Crippen molar-refractivity contribution in [2.24, 2.45) is 4.99 Å². The molecule has 0 aromatic heterocycles. The van der Waals surface area contributed by atoms with Gasteiger partial charge in [0, 0.05) is 18.9 Å². The van der Waals surface area contributed by atoms with Crippen LogP contribution < -0.4 is 0 Å². The van der Waals surface area contributed by atoms with Gasteiger partial charge in [-0.1, -0.05) is 0 Å². The van der Waals surface area contributed by atoms with Crippen molar-refractivity contribution < 1.29 is 4.74 Å². The molecular weight excluding hydrogens is 114 g/mol. The van der Waals surface area contributed by atoms with Crippen LogP contribution in [-0.2, 0) is 4.74 Å². The quantitative estimate of drug-likeness (QED) is 0.529. The van der Waals surface area contributed by atoms with Crippen LogP contribution in [0.25, 0.3) is 0 Å². The number of hydrogen-bond donors (Lipinski definition) is 0. The molecule has 2 nitrogen and oxygen atoms in total. The van der Waals surface area contributed by atoms with Crippen LogP contribution in [0.3, 0.4) is 0 Å². The van der Waals surface area contributed by atoms with Gasteiger partial charge in [-0.3, -0.25) is 4.99 Å². The van der Waals surface area contributed by atoms with Gasteiger partial charge in [0.15, 0.2) is 0 Å². The van der Waals surface area contributed by atoms with Crippen LogP contribution in [0, 0.1) is 0 Å². The number of aliphatic imine (C=N–C) groups is 1. The Bertz CT molecular complexity index is 97.1. The Kier molecular flexibility index (Phi) is 4.32. The molecular formula is C7H15NO. The fourth-order valence-electron chi connectivity index (χ4n) is 0.687. The molecule has 9 heavy (non-hydrogen) atoms. The largest absolute Gasteiger partial charge is 0.379 e. The minimum absolute atomic E-state index is 0.389. The minimum atomic E-state index is 0.389. The van der Waals surface area contributed by atoms with Gasteiger partial charge in [0.05, 0.1) is 6.61 Å². The molecule has 54 valence electrons. The van der Waals surface area contributed by atoms with Crippen LogP contribution in [0.4, 0.5) is 0 Å². The molecule has 0 saturated carbocycles. The molecule has 0 heterocycles. The molecule has 0 aliphatic heterocycles. The second kappa shape index (κ2) is 4.50. The molecule has 0 bridgehead atoms. The first-order valence-electron chi connectivity index (χ1n) is 3.19. The van der Waals surface area contributed by atoms with Gasteiger partial charge in [-0.15, -0.1) is 0 Å². The Labute approximate surface area is 56.9 Å². The standard InChI is InChI=1S/C7H15NO/c1-6(2)8-7(3)5-9-4/h6H,5H2,1-4H3/b8-7+. The topological polar surface area (TPSA) is 21.6 Å². The molecule has 0 aliphatic carbocycles. The van der Waals surface area contributed by atoms with E-state index in [0.717, 1.165) is 5.71 Å². The summed E-state index contributed by atoms with van der Waals surface area (Å²) in [5.41, 5.74) is 1.06. The first kappa shape index (κ1) is 8.63. The van der Waals surface area contributed by atoms with Gasteiger partial charge in [-0.25, -0.2) is 0 Å². The van der Waals surface area contributed by atoms with Gasteiger partial charge < -0.3 is 4.74 Å². The van der Waals surface area contributed by atoms with Crippen molar-refractivity contribution in [1.82, 2.24) is 0 Å². The number of ether oxygens (including phenoxy) is 1. The summed E-state index contributed by atoms with van der Waals surface area (Å²) in [6.45, 7) is 6.74. The van der Waals surface area contributed by atoms with E-state index in [4.69, 9.17) is 4.74 Å². The van der Waals surface area contributed by atoms with E-state index in [-0.39, 0.29) is 0 Å². The van der Waals surface area contributed by atoms with E-state index in [2.05, 4.69) is 18.8 Å². The zero-order chi connectivity index (χ0) is 7.28. The highest BCUT2D eigenvalue weighted by molar-refractivity contribution is 5.83. The summed E-state index contributed by atoms with van der Waals surface area (Å²) in [4.78, 5) is 4.26. The second-order valence-electron chi connectivity index (χ2n) is 2.39. The van der Waals surface area contributed by atoms with Crippen LogP contribution in [0.5, 0.6) is 0 Å². The highest BCUT2D eigenvalue weighted by atomic mass is 16.5. The first-order valence-corrected chi connectivity index (χ1v) is 3.19. The Morgan fingerprint density at radius 2 is 2.11 bits per heavy atom. The first-order chi connectivity index (χ1) is 4.16. The van der Waals surface area contributed by atoms with Crippen molar-refractivity contribution in [3.8, 4) is 0 Å². The Morgan fingerprint density at radius 3 is 2.44 bits per heavy atom. The third kappa shape index (κ3) is 5.50. The molecule has 0 unspecified atom stereocenters. The van der Waals surface area contributed by atoms with Gasteiger partial charge in [0.1, 0.15) is 0 Å². The van der Waals surface area contributed by atoms with E-state index in [1.54, 1.807) is 7.11 Å². The minimum Gasteiger partial charge on any atom is -0.379 e. The lowest BCUT2D eigenvalue weighted by Gasteiger charge is -2.00. The molecule has 0 aromatic carbocycles. The molecule has 2 heteroatoms. The van der Waals surface area contributed by atoms with E-state index < -0.39 is 0 Å². The molecule has 0 atom stereocenters. The van der Waals surface area contributed by atoms with E-state index in [9.17, 15) is 0 Å². The predicted molar refractivity (Wildman–Crippen MR) is 40.1 cm³/mol. The summed E-state index contributed by atoms with van der Waals surface area (Å²) in [7, 11) is 1.68. The molecule has 0 aliphatic rings. The Balaban J connectivity index is 3.55. The average molecular weight is 129 g/mol.